The summed E-state index contributed by atoms with van der Waals surface area (Å²) in [5.41, 5.74) is 0. The van der Waals surface area contributed by atoms with Crippen LogP contribution in [0.25, 0.3) is 0 Å². The summed E-state index contributed by atoms with van der Waals surface area (Å²) in [7, 11) is 0. The molecule has 1 rings (SSSR count). The van der Waals surface area contributed by atoms with Crippen LogP contribution >= 0.6 is 0 Å². The minimum absolute atomic E-state index is 0. The van der Waals surface area contributed by atoms with Crippen LogP contribution in [0.3, 0.4) is 0 Å². The first-order chi connectivity index (χ1) is 4.18. The van der Waals surface area contributed by atoms with Gasteiger partial charge in [0.25, 0.3) is 0 Å². The van der Waals surface area contributed by atoms with Gasteiger partial charge in [0.2, 0.25) is 0 Å². The molecule has 0 saturated carbocycles. The average Bonchev–Trinajstić information content (AvgIpc) is 1.59. The average molecular weight is 139 g/mol. The predicted molar refractivity (Wildman–Crippen MR) is 32.3 cm³/mol. The van der Waals surface area contributed by atoms with Crippen LogP contribution in [0, 0.1) is 23.5 Å². The van der Waals surface area contributed by atoms with E-state index in [-0.39, 0.29) is 18.9 Å². The molecule has 0 N–H and O–H groups in total. The molecule has 0 amide bonds. The van der Waals surface area contributed by atoms with Crippen molar-refractivity contribution in [1.82, 2.24) is 0 Å². The van der Waals surface area contributed by atoms with Crippen molar-refractivity contribution in [3.05, 3.63) is 35.7 Å². The summed E-state index contributed by atoms with van der Waals surface area (Å²) < 4.78 is 35.7. The molecule has 0 aliphatic heterocycles. The van der Waals surface area contributed by atoms with Crippen molar-refractivity contribution in [2.45, 2.75) is 0 Å². The summed E-state index contributed by atoms with van der Waals surface area (Å²) in [5, 5.41) is 0. The standard InChI is InChI=1S/C6H2F3.Li.H/c7-4-1-5(8)3-6(9)2-4;;/h1-2H;;. The van der Waals surface area contributed by atoms with Gasteiger partial charge in [0.1, 0.15) is 17.5 Å². The zero-order valence-corrected chi connectivity index (χ0v) is 4.29. The fourth-order valence-electron chi connectivity index (χ4n) is 0.470. The van der Waals surface area contributed by atoms with E-state index < -0.39 is 17.5 Å². The van der Waals surface area contributed by atoms with Crippen LogP contribution in [0.2, 0.25) is 0 Å². The Bertz CT molecular complexity index is 174. The van der Waals surface area contributed by atoms with E-state index in [1.807, 2.05) is 0 Å². The minimum atomic E-state index is -1.02. The molecule has 1 aromatic carbocycles. The molecule has 49 valence electrons. The molecule has 0 saturated heterocycles. The molecule has 0 unspecified atom stereocenters. The van der Waals surface area contributed by atoms with Crippen molar-refractivity contribution in [2.75, 3.05) is 0 Å². The van der Waals surface area contributed by atoms with Crippen LogP contribution in [0.15, 0.2) is 12.1 Å². The molecular weight excluding hydrogens is 136 g/mol. The van der Waals surface area contributed by atoms with E-state index in [4.69, 9.17) is 0 Å². The summed E-state index contributed by atoms with van der Waals surface area (Å²) in [6.07, 6.45) is 0. The first-order valence-electron chi connectivity index (χ1n) is 2.22. The fraction of sp³-hybridized carbons (Fsp3) is 0. The van der Waals surface area contributed by atoms with Gasteiger partial charge in [-0.1, -0.05) is 0 Å². The fourth-order valence-corrected chi connectivity index (χ4v) is 0.470. The zero-order valence-electron chi connectivity index (χ0n) is 4.29. The van der Waals surface area contributed by atoms with E-state index in [1.54, 1.807) is 6.07 Å². The second kappa shape index (κ2) is 3.70. The summed E-state index contributed by atoms with van der Waals surface area (Å²) in [4.78, 5) is 0. The number of halogens is 3. The number of hydrogen-bond donors (Lipinski definition) is 0. The predicted octanol–water partition coefficient (Wildman–Crippen LogP) is 1.26. The molecule has 0 atom stereocenters. The maximum absolute atomic E-state index is 11.9. The summed E-state index contributed by atoms with van der Waals surface area (Å²) in [6, 6.07) is 2.75. The summed E-state index contributed by atoms with van der Waals surface area (Å²) in [5.74, 6) is -2.97. The van der Waals surface area contributed by atoms with Crippen LogP contribution in [-0.2, 0) is 0 Å². The van der Waals surface area contributed by atoms with Gasteiger partial charge in [-0.25, -0.2) is 13.2 Å². The topological polar surface area (TPSA) is 0 Å². The molecule has 0 aromatic heterocycles. The van der Waals surface area contributed by atoms with Gasteiger partial charge >= 0.3 is 18.9 Å². The molecule has 0 fully saturated rings. The Morgan fingerprint density at radius 1 is 1.00 bits per heavy atom. The normalized spacial score (nSPS) is 8.70. The quantitative estimate of drug-likeness (QED) is 0.474. The molecule has 4 heteroatoms. The van der Waals surface area contributed by atoms with Crippen molar-refractivity contribution in [2.24, 2.45) is 0 Å². The van der Waals surface area contributed by atoms with Gasteiger partial charge in [-0.15, -0.1) is 0 Å². The monoisotopic (exact) mass is 139 g/mol. The third-order valence-corrected chi connectivity index (χ3v) is 0.768. The third kappa shape index (κ3) is 2.47. The van der Waals surface area contributed by atoms with Crippen molar-refractivity contribution < 1.29 is 13.2 Å². The van der Waals surface area contributed by atoms with Crippen LogP contribution < -0.4 is 0 Å². The number of benzene rings is 1. The van der Waals surface area contributed by atoms with Crippen molar-refractivity contribution in [3.63, 3.8) is 0 Å². The number of rotatable bonds is 0. The molecule has 1 radical (unpaired) electrons. The van der Waals surface area contributed by atoms with Crippen molar-refractivity contribution >= 4 is 18.9 Å². The Kier molecular flexibility index (Phi) is 3.55. The van der Waals surface area contributed by atoms with Crippen LogP contribution in [0.5, 0.6) is 0 Å². The van der Waals surface area contributed by atoms with Crippen molar-refractivity contribution in [3.8, 4) is 0 Å². The summed E-state index contributed by atoms with van der Waals surface area (Å²) in [6.45, 7) is 0. The maximum atomic E-state index is 11.9. The molecule has 0 aliphatic rings. The first kappa shape index (κ1) is 9.61. The van der Waals surface area contributed by atoms with E-state index >= 15 is 0 Å². The van der Waals surface area contributed by atoms with E-state index in [0.717, 1.165) is 0 Å². The molecule has 10 heavy (non-hydrogen) atoms. The Morgan fingerprint density at radius 2 is 1.40 bits per heavy atom. The third-order valence-electron chi connectivity index (χ3n) is 0.768. The molecule has 0 heterocycles. The molecule has 0 bridgehead atoms. The van der Waals surface area contributed by atoms with Crippen molar-refractivity contribution in [1.29, 1.82) is 0 Å². The van der Waals surface area contributed by atoms with Crippen LogP contribution in [0.1, 0.15) is 0 Å². The Hall–Kier alpha value is -0.393. The van der Waals surface area contributed by atoms with Gasteiger partial charge < -0.3 is 0 Å². The SMILES string of the molecule is Fc1[c]c(F)cc(F)c1.[LiH]. The van der Waals surface area contributed by atoms with Crippen LogP contribution in [0.4, 0.5) is 13.2 Å². The van der Waals surface area contributed by atoms with E-state index in [1.165, 1.54) is 0 Å². The Morgan fingerprint density at radius 3 is 1.70 bits per heavy atom. The second-order valence-electron chi connectivity index (χ2n) is 1.49. The molecular formula is C6H3F3Li. The summed E-state index contributed by atoms with van der Waals surface area (Å²) >= 11 is 0. The van der Waals surface area contributed by atoms with Gasteiger partial charge in [0.15, 0.2) is 0 Å². The molecule has 0 aliphatic carbocycles. The van der Waals surface area contributed by atoms with Gasteiger partial charge in [-0.3, -0.25) is 0 Å². The van der Waals surface area contributed by atoms with Gasteiger partial charge in [0, 0.05) is 12.1 Å². The van der Waals surface area contributed by atoms with Crippen LogP contribution in [-0.4, -0.2) is 18.9 Å². The van der Waals surface area contributed by atoms with E-state index in [9.17, 15) is 13.2 Å². The molecule has 1 aromatic rings. The van der Waals surface area contributed by atoms with Gasteiger partial charge in [0.05, 0.1) is 6.07 Å². The Balaban J connectivity index is 0.000000810. The van der Waals surface area contributed by atoms with E-state index in [0.29, 0.717) is 12.1 Å². The van der Waals surface area contributed by atoms with Gasteiger partial charge in [-0.05, 0) is 0 Å². The zero-order chi connectivity index (χ0) is 6.85. The number of hydrogen-bond acceptors (Lipinski definition) is 0. The molecule has 0 nitrogen and oxygen atoms in total. The second-order valence-corrected chi connectivity index (χ2v) is 1.49. The van der Waals surface area contributed by atoms with Gasteiger partial charge in [-0.2, -0.15) is 0 Å². The first-order valence-corrected chi connectivity index (χ1v) is 2.22. The van der Waals surface area contributed by atoms with E-state index in [2.05, 4.69) is 0 Å². The Labute approximate surface area is 68.2 Å². The molecule has 0 spiro atoms.